The van der Waals surface area contributed by atoms with E-state index in [1.165, 1.54) is 0 Å². The number of hydrogen-bond donors (Lipinski definition) is 2. The number of primary amides is 1. The van der Waals surface area contributed by atoms with Gasteiger partial charge >= 0.3 is 0 Å². The van der Waals surface area contributed by atoms with E-state index >= 15 is 0 Å². The minimum atomic E-state index is -0.399. The second kappa shape index (κ2) is 6.25. The molecule has 4 heteroatoms. The van der Waals surface area contributed by atoms with Gasteiger partial charge in [-0.05, 0) is 38.5 Å². The molecular formula is C13H20N2O2. The van der Waals surface area contributed by atoms with Crippen LogP contribution in [0.2, 0.25) is 0 Å². The molecule has 0 aliphatic carbocycles. The van der Waals surface area contributed by atoms with Gasteiger partial charge in [-0.15, -0.1) is 0 Å². The van der Waals surface area contributed by atoms with E-state index in [4.69, 9.17) is 10.5 Å². The molecule has 17 heavy (non-hydrogen) atoms. The molecule has 0 aliphatic rings. The van der Waals surface area contributed by atoms with Gasteiger partial charge in [0.15, 0.2) is 0 Å². The number of ether oxygens (including phenoxy) is 1. The molecule has 0 bridgehead atoms. The number of nitrogens with two attached hydrogens (primary N) is 1. The molecule has 0 fully saturated rings. The zero-order valence-corrected chi connectivity index (χ0v) is 10.6. The number of benzene rings is 1. The van der Waals surface area contributed by atoms with E-state index in [1.807, 2.05) is 32.9 Å². The summed E-state index contributed by atoms with van der Waals surface area (Å²) in [5.74, 6) is -0.399. The molecule has 0 saturated heterocycles. The molecule has 1 aromatic carbocycles. The molecule has 1 unspecified atom stereocenters. The van der Waals surface area contributed by atoms with Gasteiger partial charge in [0, 0.05) is 23.9 Å². The van der Waals surface area contributed by atoms with Gasteiger partial charge in [-0.3, -0.25) is 4.79 Å². The average molecular weight is 236 g/mol. The Kier molecular flexibility index (Phi) is 4.97. The maximum atomic E-state index is 11.2. The predicted molar refractivity (Wildman–Crippen MR) is 69.3 cm³/mol. The number of anilines is 1. The van der Waals surface area contributed by atoms with Gasteiger partial charge in [0.05, 0.1) is 6.61 Å². The van der Waals surface area contributed by atoms with Crippen LogP contribution < -0.4 is 11.1 Å². The van der Waals surface area contributed by atoms with Crippen LogP contribution in [0.4, 0.5) is 5.69 Å². The van der Waals surface area contributed by atoms with Gasteiger partial charge in [-0.2, -0.15) is 0 Å². The fraction of sp³-hybridized carbons (Fsp3) is 0.462. The van der Waals surface area contributed by atoms with E-state index in [-0.39, 0.29) is 6.04 Å². The Morgan fingerprint density at radius 1 is 1.53 bits per heavy atom. The van der Waals surface area contributed by atoms with Crippen molar-refractivity contribution in [3.8, 4) is 0 Å². The van der Waals surface area contributed by atoms with E-state index in [1.54, 1.807) is 6.07 Å². The van der Waals surface area contributed by atoms with Crippen molar-refractivity contribution in [2.75, 3.05) is 18.5 Å². The monoisotopic (exact) mass is 236 g/mol. The second-order valence-electron chi connectivity index (χ2n) is 4.05. The predicted octanol–water partition coefficient (Wildman–Crippen LogP) is 1.93. The van der Waals surface area contributed by atoms with Gasteiger partial charge in [0.1, 0.15) is 0 Å². The molecular weight excluding hydrogens is 216 g/mol. The normalized spacial score (nSPS) is 12.2. The molecule has 1 amide bonds. The summed E-state index contributed by atoms with van der Waals surface area (Å²) >= 11 is 0. The maximum absolute atomic E-state index is 11.2. The molecule has 0 radical (unpaired) electrons. The molecule has 0 heterocycles. The quantitative estimate of drug-likeness (QED) is 0.793. The first-order chi connectivity index (χ1) is 8.06. The maximum Gasteiger partial charge on any atom is 0.249 e. The smallest absolute Gasteiger partial charge is 0.249 e. The first-order valence-electron chi connectivity index (χ1n) is 5.80. The van der Waals surface area contributed by atoms with Crippen LogP contribution in [-0.4, -0.2) is 25.2 Å². The lowest BCUT2D eigenvalue weighted by Gasteiger charge is -2.17. The first-order valence-corrected chi connectivity index (χ1v) is 5.80. The average Bonchev–Trinajstić information content (AvgIpc) is 2.28. The number of carbonyl (C=O) groups excluding carboxylic acids is 1. The number of rotatable bonds is 6. The summed E-state index contributed by atoms with van der Waals surface area (Å²) in [7, 11) is 0. The molecule has 4 nitrogen and oxygen atoms in total. The summed E-state index contributed by atoms with van der Waals surface area (Å²) in [6.45, 7) is 7.22. The van der Waals surface area contributed by atoms with Crippen molar-refractivity contribution < 1.29 is 9.53 Å². The number of carbonyl (C=O) groups is 1. The van der Waals surface area contributed by atoms with Crippen molar-refractivity contribution in [2.45, 2.75) is 26.8 Å². The third-order valence-electron chi connectivity index (χ3n) is 2.57. The van der Waals surface area contributed by atoms with Crippen LogP contribution in [0.15, 0.2) is 18.2 Å². The Morgan fingerprint density at radius 2 is 2.24 bits per heavy atom. The number of nitrogens with one attached hydrogen (secondary N) is 1. The van der Waals surface area contributed by atoms with E-state index in [9.17, 15) is 4.79 Å². The van der Waals surface area contributed by atoms with Crippen molar-refractivity contribution in [3.63, 3.8) is 0 Å². The minimum Gasteiger partial charge on any atom is -0.380 e. The van der Waals surface area contributed by atoms with Gasteiger partial charge in [0.25, 0.3) is 0 Å². The molecule has 1 atom stereocenters. The van der Waals surface area contributed by atoms with Crippen molar-refractivity contribution in [1.29, 1.82) is 0 Å². The Labute approximate surface area is 102 Å². The van der Waals surface area contributed by atoms with Gasteiger partial charge < -0.3 is 15.8 Å². The van der Waals surface area contributed by atoms with E-state index in [2.05, 4.69) is 5.32 Å². The lowest BCUT2D eigenvalue weighted by molar-refractivity contribution is 0.1000. The van der Waals surface area contributed by atoms with Crippen LogP contribution in [0.3, 0.4) is 0 Å². The zero-order valence-electron chi connectivity index (χ0n) is 10.6. The molecule has 0 spiro atoms. The number of hydrogen-bond acceptors (Lipinski definition) is 3. The standard InChI is InChI=1S/C13H20N2O2/c1-4-17-8-9(2)15-12-7-5-6-11(10(12)3)13(14)16/h5-7,9,15H,4,8H2,1-3H3,(H2,14,16). The Morgan fingerprint density at radius 3 is 2.82 bits per heavy atom. The summed E-state index contributed by atoms with van der Waals surface area (Å²) in [5, 5.41) is 3.31. The van der Waals surface area contributed by atoms with Crippen LogP contribution in [0.5, 0.6) is 0 Å². The molecule has 1 aromatic rings. The highest BCUT2D eigenvalue weighted by Crippen LogP contribution is 2.19. The number of amides is 1. The largest absolute Gasteiger partial charge is 0.380 e. The fourth-order valence-corrected chi connectivity index (χ4v) is 1.66. The third kappa shape index (κ3) is 3.75. The fourth-order valence-electron chi connectivity index (χ4n) is 1.66. The molecule has 0 aromatic heterocycles. The lowest BCUT2D eigenvalue weighted by atomic mass is 10.1. The molecule has 0 saturated carbocycles. The van der Waals surface area contributed by atoms with E-state index in [0.717, 1.165) is 11.3 Å². The molecule has 94 valence electrons. The molecule has 3 N–H and O–H groups in total. The highest BCUT2D eigenvalue weighted by atomic mass is 16.5. The summed E-state index contributed by atoms with van der Waals surface area (Å²) in [6, 6.07) is 5.68. The summed E-state index contributed by atoms with van der Waals surface area (Å²) in [4.78, 5) is 11.2. The van der Waals surface area contributed by atoms with Crippen LogP contribution in [0, 0.1) is 6.92 Å². The Balaban J connectivity index is 2.77. The minimum absolute atomic E-state index is 0.191. The van der Waals surface area contributed by atoms with E-state index in [0.29, 0.717) is 18.8 Å². The van der Waals surface area contributed by atoms with Crippen molar-refractivity contribution >= 4 is 11.6 Å². The van der Waals surface area contributed by atoms with Crippen LogP contribution in [0.25, 0.3) is 0 Å². The van der Waals surface area contributed by atoms with Crippen molar-refractivity contribution in [1.82, 2.24) is 0 Å². The SMILES string of the molecule is CCOCC(C)Nc1cccc(C(N)=O)c1C. The summed E-state index contributed by atoms with van der Waals surface area (Å²) in [5.41, 5.74) is 7.66. The summed E-state index contributed by atoms with van der Waals surface area (Å²) in [6.07, 6.45) is 0. The Bertz CT molecular complexity index is 391. The third-order valence-corrected chi connectivity index (χ3v) is 2.57. The zero-order chi connectivity index (χ0) is 12.8. The lowest BCUT2D eigenvalue weighted by Crippen LogP contribution is -2.23. The molecule has 1 rings (SSSR count). The van der Waals surface area contributed by atoms with Gasteiger partial charge in [-0.25, -0.2) is 0 Å². The van der Waals surface area contributed by atoms with Crippen molar-refractivity contribution in [2.24, 2.45) is 5.73 Å². The Hall–Kier alpha value is -1.55. The van der Waals surface area contributed by atoms with E-state index < -0.39 is 5.91 Å². The highest BCUT2D eigenvalue weighted by molar-refractivity contribution is 5.95. The van der Waals surface area contributed by atoms with Crippen LogP contribution in [0.1, 0.15) is 29.8 Å². The first kappa shape index (κ1) is 13.5. The van der Waals surface area contributed by atoms with Crippen molar-refractivity contribution in [3.05, 3.63) is 29.3 Å². The highest BCUT2D eigenvalue weighted by Gasteiger charge is 2.10. The molecule has 0 aliphatic heterocycles. The van der Waals surface area contributed by atoms with Gasteiger partial charge in [-0.1, -0.05) is 6.07 Å². The topological polar surface area (TPSA) is 64.3 Å². The summed E-state index contributed by atoms with van der Waals surface area (Å²) < 4.78 is 5.33. The van der Waals surface area contributed by atoms with Crippen LogP contribution in [-0.2, 0) is 4.74 Å². The van der Waals surface area contributed by atoms with Crippen LogP contribution >= 0.6 is 0 Å². The van der Waals surface area contributed by atoms with Gasteiger partial charge in [0.2, 0.25) is 5.91 Å². The second-order valence-corrected chi connectivity index (χ2v) is 4.05.